The second kappa shape index (κ2) is 12.7. The Balaban J connectivity index is 1.71. The SMILES string of the molecule is NC(=O)[C@H](O)[C@H](C[C@@H]1CCNC1=O)NC(=O)[C@H](Cc1ccccc1)NC(=O)CCc1ccccc1. The lowest BCUT2D eigenvalue weighted by Gasteiger charge is -2.27. The lowest BCUT2D eigenvalue weighted by Crippen LogP contribution is -2.56. The molecule has 9 heteroatoms. The van der Waals surface area contributed by atoms with E-state index in [-0.39, 0.29) is 31.1 Å². The van der Waals surface area contributed by atoms with Crippen LogP contribution < -0.4 is 21.7 Å². The lowest BCUT2D eigenvalue weighted by atomic mass is 9.94. The number of hydrogen-bond acceptors (Lipinski definition) is 5. The normalized spacial score (nSPS) is 17.6. The number of benzene rings is 2. The number of hydrogen-bond donors (Lipinski definition) is 5. The van der Waals surface area contributed by atoms with Gasteiger partial charge in [0.15, 0.2) is 6.10 Å². The van der Waals surface area contributed by atoms with E-state index in [9.17, 15) is 24.3 Å². The van der Waals surface area contributed by atoms with Gasteiger partial charge in [0.25, 0.3) is 0 Å². The molecule has 6 N–H and O–H groups in total. The Bertz CT molecular complexity index is 1010. The van der Waals surface area contributed by atoms with Crippen LogP contribution >= 0.6 is 0 Å². The number of aryl methyl sites for hydroxylation is 1. The second-order valence-corrected chi connectivity index (χ2v) is 8.77. The Morgan fingerprint density at radius 2 is 1.63 bits per heavy atom. The molecule has 4 atom stereocenters. The van der Waals surface area contributed by atoms with E-state index >= 15 is 0 Å². The summed E-state index contributed by atoms with van der Waals surface area (Å²) in [6.45, 7) is 0.491. The molecule has 0 spiro atoms. The number of primary amides is 1. The van der Waals surface area contributed by atoms with Gasteiger partial charge in [-0.15, -0.1) is 0 Å². The number of carbonyl (C=O) groups is 4. The molecular formula is C26H32N4O5. The predicted octanol–water partition coefficient (Wildman–Crippen LogP) is 0.204. The summed E-state index contributed by atoms with van der Waals surface area (Å²) in [4.78, 5) is 49.7. The third kappa shape index (κ3) is 7.92. The first-order valence-electron chi connectivity index (χ1n) is 11.8. The van der Waals surface area contributed by atoms with E-state index in [0.29, 0.717) is 19.4 Å². The van der Waals surface area contributed by atoms with Crippen LogP contribution in [0.4, 0.5) is 0 Å². The van der Waals surface area contributed by atoms with Crippen LogP contribution in [0.1, 0.15) is 30.4 Å². The highest BCUT2D eigenvalue weighted by Crippen LogP contribution is 2.18. The van der Waals surface area contributed by atoms with Crippen molar-refractivity contribution in [2.75, 3.05) is 6.54 Å². The van der Waals surface area contributed by atoms with Gasteiger partial charge in [-0.3, -0.25) is 19.2 Å². The van der Waals surface area contributed by atoms with Gasteiger partial charge in [0.05, 0.1) is 6.04 Å². The number of carbonyl (C=O) groups excluding carboxylic acids is 4. The quantitative estimate of drug-likeness (QED) is 0.294. The van der Waals surface area contributed by atoms with Gasteiger partial charge >= 0.3 is 0 Å². The van der Waals surface area contributed by atoms with Crippen LogP contribution in [0.5, 0.6) is 0 Å². The minimum absolute atomic E-state index is 0.0572. The Kier molecular flexibility index (Phi) is 9.37. The molecule has 2 aromatic carbocycles. The van der Waals surface area contributed by atoms with Crippen LogP contribution in [0.2, 0.25) is 0 Å². The van der Waals surface area contributed by atoms with E-state index < -0.39 is 35.9 Å². The Morgan fingerprint density at radius 3 is 2.20 bits per heavy atom. The van der Waals surface area contributed by atoms with Crippen LogP contribution in [0.3, 0.4) is 0 Å². The van der Waals surface area contributed by atoms with E-state index in [1.165, 1.54) is 0 Å². The molecule has 0 aromatic heterocycles. The van der Waals surface area contributed by atoms with Gasteiger partial charge in [0, 0.05) is 25.3 Å². The molecule has 3 rings (SSSR count). The highest BCUT2D eigenvalue weighted by molar-refractivity contribution is 5.89. The van der Waals surface area contributed by atoms with Crippen molar-refractivity contribution in [1.29, 1.82) is 0 Å². The molecule has 2 aromatic rings. The molecule has 0 bridgehead atoms. The molecule has 1 heterocycles. The number of nitrogens with one attached hydrogen (secondary N) is 3. The third-order valence-corrected chi connectivity index (χ3v) is 6.12. The van der Waals surface area contributed by atoms with Crippen molar-refractivity contribution in [3.8, 4) is 0 Å². The molecular weight excluding hydrogens is 448 g/mol. The van der Waals surface area contributed by atoms with Crippen LogP contribution in [0, 0.1) is 5.92 Å². The Morgan fingerprint density at radius 1 is 1.00 bits per heavy atom. The largest absolute Gasteiger partial charge is 0.381 e. The Labute approximate surface area is 204 Å². The zero-order valence-electron chi connectivity index (χ0n) is 19.5. The average Bonchev–Trinajstić information content (AvgIpc) is 3.26. The fourth-order valence-corrected chi connectivity index (χ4v) is 4.15. The molecule has 1 saturated heterocycles. The maximum absolute atomic E-state index is 13.3. The van der Waals surface area contributed by atoms with E-state index in [1.807, 2.05) is 60.7 Å². The second-order valence-electron chi connectivity index (χ2n) is 8.77. The van der Waals surface area contributed by atoms with Gasteiger partial charge in [-0.1, -0.05) is 60.7 Å². The van der Waals surface area contributed by atoms with Gasteiger partial charge in [-0.25, -0.2) is 0 Å². The number of aliphatic hydroxyl groups is 1. The fraction of sp³-hybridized carbons (Fsp3) is 0.385. The third-order valence-electron chi connectivity index (χ3n) is 6.12. The summed E-state index contributed by atoms with van der Waals surface area (Å²) in [5, 5.41) is 18.5. The summed E-state index contributed by atoms with van der Waals surface area (Å²) in [7, 11) is 0. The molecule has 1 fully saturated rings. The molecule has 9 nitrogen and oxygen atoms in total. The van der Waals surface area contributed by atoms with E-state index in [2.05, 4.69) is 16.0 Å². The van der Waals surface area contributed by atoms with Gasteiger partial charge in [0.2, 0.25) is 23.6 Å². The summed E-state index contributed by atoms with van der Waals surface area (Å²) < 4.78 is 0. The number of nitrogens with two attached hydrogens (primary N) is 1. The summed E-state index contributed by atoms with van der Waals surface area (Å²) in [6, 6.07) is 16.7. The number of aliphatic hydroxyl groups excluding tert-OH is 1. The van der Waals surface area contributed by atoms with E-state index in [4.69, 9.17) is 5.73 Å². The molecule has 0 saturated carbocycles. The van der Waals surface area contributed by atoms with Gasteiger partial charge in [-0.2, -0.15) is 0 Å². The maximum atomic E-state index is 13.3. The molecule has 35 heavy (non-hydrogen) atoms. The smallest absolute Gasteiger partial charge is 0.248 e. The van der Waals surface area contributed by atoms with Gasteiger partial charge in [0.1, 0.15) is 6.04 Å². The van der Waals surface area contributed by atoms with Gasteiger partial charge < -0.3 is 26.8 Å². The first-order chi connectivity index (χ1) is 16.8. The lowest BCUT2D eigenvalue weighted by molar-refractivity contribution is -0.133. The topological polar surface area (TPSA) is 151 Å². The van der Waals surface area contributed by atoms with Crippen LogP contribution in [0.15, 0.2) is 60.7 Å². The zero-order valence-corrected chi connectivity index (χ0v) is 19.5. The van der Waals surface area contributed by atoms with Crippen molar-refractivity contribution in [2.45, 2.75) is 50.3 Å². The first kappa shape index (κ1) is 25.9. The summed E-state index contributed by atoms with van der Waals surface area (Å²) in [6.07, 6.45) is -0.155. The molecule has 0 radical (unpaired) electrons. The number of rotatable bonds is 12. The molecule has 4 amide bonds. The molecule has 1 aliphatic rings. The van der Waals surface area contributed by atoms with E-state index in [1.54, 1.807) is 0 Å². The molecule has 0 aliphatic carbocycles. The molecule has 186 valence electrons. The van der Waals surface area contributed by atoms with E-state index in [0.717, 1.165) is 11.1 Å². The van der Waals surface area contributed by atoms with Crippen LogP contribution in [0.25, 0.3) is 0 Å². The summed E-state index contributed by atoms with van der Waals surface area (Å²) in [5.74, 6) is -2.52. The summed E-state index contributed by atoms with van der Waals surface area (Å²) >= 11 is 0. The highest BCUT2D eigenvalue weighted by atomic mass is 16.3. The number of amides is 4. The van der Waals surface area contributed by atoms with Crippen LogP contribution in [-0.4, -0.2) is 53.5 Å². The Hall–Kier alpha value is -3.72. The predicted molar refractivity (Wildman–Crippen MR) is 130 cm³/mol. The van der Waals surface area contributed by atoms with Crippen molar-refractivity contribution in [2.24, 2.45) is 11.7 Å². The molecule has 0 unspecified atom stereocenters. The standard InChI is InChI=1S/C26H32N4O5/c27-24(33)23(32)20(16-19-13-14-28-25(19)34)30-26(35)21(15-18-9-5-2-6-10-18)29-22(31)12-11-17-7-3-1-4-8-17/h1-10,19-21,23,32H,11-16H2,(H2,27,33)(H,28,34)(H,29,31)(H,30,35)/t19-,20-,21-,23+/m0/s1. The zero-order chi connectivity index (χ0) is 25.2. The molecule has 1 aliphatic heterocycles. The van der Waals surface area contributed by atoms with Crippen molar-refractivity contribution in [3.63, 3.8) is 0 Å². The van der Waals surface area contributed by atoms with Crippen LogP contribution in [-0.2, 0) is 32.0 Å². The fourth-order valence-electron chi connectivity index (χ4n) is 4.15. The van der Waals surface area contributed by atoms with Crippen molar-refractivity contribution < 1.29 is 24.3 Å². The first-order valence-corrected chi connectivity index (χ1v) is 11.8. The minimum atomic E-state index is -1.67. The average molecular weight is 481 g/mol. The van der Waals surface area contributed by atoms with Crippen molar-refractivity contribution in [1.82, 2.24) is 16.0 Å². The summed E-state index contributed by atoms with van der Waals surface area (Å²) in [5.41, 5.74) is 7.12. The highest BCUT2D eigenvalue weighted by Gasteiger charge is 2.35. The van der Waals surface area contributed by atoms with Gasteiger partial charge in [-0.05, 0) is 30.4 Å². The minimum Gasteiger partial charge on any atom is -0.381 e. The van der Waals surface area contributed by atoms with Crippen molar-refractivity contribution >= 4 is 23.6 Å². The monoisotopic (exact) mass is 480 g/mol. The maximum Gasteiger partial charge on any atom is 0.248 e. The van der Waals surface area contributed by atoms with Crippen molar-refractivity contribution in [3.05, 3.63) is 71.8 Å².